The van der Waals surface area contributed by atoms with E-state index in [0.717, 1.165) is 18.4 Å². The second kappa shape index (κ2) is 4.65. The average molecular weight is 177 g/mol. The molecule has 0 fully saturated rings. The topological polar surface area (TPSA) is 20.3 Å². The Labute approximate surface area is 79.2 Å². The lowest BCUT2D eigenvalue weighted by Crippen LogP contribution is -2.15. The van der Waals surface area contributed by atoms with Crippen molar-refractivity contribution in [2.75, 3.05) is 18.5 Å². The van der Waals surface area contributed by atoms with Crippen LogP contribution >= 0.6 is 0 Å². The first-order chi connectivity index (χ1) is 6.27. The van der Waals surface area contributed by atoms with Gasteiger partial charge < -0.3 is 9.69 Å². The molecular formula is C11H15NO. The van der Waals surface area contributed by atoms with Gasteiger partial charge in [0, 0.05) is 25.7 Å². The number of nitrogens with zero attached hydrogens (tertiary/aromatic N) is 1. The summed E-state index contributed by atoms with van der Waals surface area (Å²) in [5, 5.41) is 0. The summed E-state index contributed by atoms with van der Waals surface area (Å²) in [5.41, 5.74) is 2.26. The first-order valence-corrected chi connectivity index (χ1v) is 4.51. The Kier molecular flexibility index (Phi) is 3.50. The van der Waals surface area contributed by atoms with Gasteiger partial charge in [-0.3, -0.25) is 0 Å². The standard InChI is InChI=1S/C11H15NO/c1-3-12(2)11-6-4-10(5-7-11)8-9-13/h4-7,9H,3,8H2,1-2H3. The van der Waals surface area contributed by atoms with Gasteiger partial charge in [-0.05, 0) is 24.6 Å². The molecule has 0 N–H and O–H groups in total. The van der Waals surface area contributed by atoms with E-state index in [-0.39, 0.29) is 0 Å². The van der Waals surface area contributed by atoms with E-state index in [1.807, 2.05) is 24.3 Å². The zero-order chi connectivity index (χ0) is 9.68. The molecule has 1 aromatic carbocycles. The molecule has 0 radical (unpaired) electrons. The van der Waals surface area contributed by atoms with E-state index < -0.39 is 0 Å². The van der Waals surface area contributed by atoms with Crippen molar-refractivity contribution < 1.29 is 4.79 Å². The molecule has 70 valence electrons. The van der Waals surface area contributed by atoms with Crippen LogP contribution in [0.2, 0.25) is 0 Å². The van der Waals surface area contributed by atoms with Gasteiger partial charge in [0.25, 0.3) is 0 Å². The molecule has 0 heterocycles. The third-order valence-electron chi connectivity index (χ3n) is 2.17. The monoisotopic (exact) mass is 177 g/mol. The van der Waals surface area contributed by atoms with Crippen LogP contribution in [0.5, 0.6) is 0 Å². The summed E-state index contributed by atoms with van der Waals surface area (Å²) >= 11 is 0. The van der Waals surface area contributed by atoms with Gasteiger partial charge in [0.05, 0.1) is 0 Å². The lowest BCUT2D eigenvalue weighted by atomic mass is 10.1. The zero-order valence-electron chi connectivity index (χ0n) is 8.16. The normalized spacial score (nSPS) is 9.69. The second-order valence-corrected chi connectivity index (χ2v) is 3.05. The summed E-state index contributed by atoms with van der Waals surface area (Å²) in [6.07, 6.45) is 1.44. The van der Waals surface area contributed by atoms with Crippen molar-refractivity contribution >= 4 is 12.0 Å². The van der Waals surface area contributed by atoms with Gasteiger partial charge in [-0.15, -0.1) is 0 Å². The van der Waals surface area contributed by atoms with Crippen LogP contribution in [0.25, 0.3) is 0 Å². The molecule has 0 amide bonds. The van der Waals surface area contributed by atoms with Crippen molar-refractivity contribution in [2.45, 2.75) is 13.3 Å². The van der Waals surface area contributed by atoms with E-state index in [2.05, 4.69) is 18.9 Å². The number of benzene rings is 1. The number of hydrogen-bond acceptors (Lipinski definition) is 2. The van der Waals surface area contributed by atoms with E-state index in [4.69, 9.17) is 0 Å². The van der Waals surface area contributed by atoms with E-state index in [1.165, 1.54) is 5.69 Å². The molecule has 0 aliphatic carbocycles. The number of rotatable bonds is 4. The van der Waals surface area contributed by atoms with Crippen LogP contribution in [-0.4, -0.2) is 19.9 Å². The second-order valence-electron chi connectivity index (χ2n) is 3.05. The number of carbonyl (C=O) groups is 1. The maximum absolute atomic E-state index is 10.2. The molecule has 0 aliphatic rings. The highest BCUT2D eigenvalue weighted by Crippen LogP contribution is 2.13. The fourth-order valence-corrected chi connectivity index (χ4v) is 1.17. The van der Waals surface area contributed by atoms with E-state index in [0.29, 0.717) is 6.42 Å². The minimum atomic E-state index is 0.510. The Morgan fingerprint density at radius 1 is 1.31 bits per heavy atom. The molecule has 0 aromatic heterocycles. The van der Waals surface area contributed by atoms with Gasteiger partial charge in [-0.25, -0.2) is 0 Å². The minimum absolute atomic E-state index is 0.510. The third kappa shape index (κ3) is 2.58. The van der Waals surface area contributed by atoms with Crippen molar-refractivity contribution in [1.82, 2.24) is 0 Å². The van der Waals surface area contributed by atoms with Crippen molar-refractivity contribution in [2.24, 2.45) is 0 Å². The lowest BCUT2D eigenvalue weighted by molar-refractivity contribution is -0.107. The molecule has 0 bridgehead atoms. The SMILES string of the molecule is CCN(C)c1ccc(CC=O)cc1. The average Bonchev–Trinajstić information content (AvgIpc) is 2.18. The minimum Gasteiger partial charge on any atom is -0.375 e. The molecule has 2 nitrogen and oxygen atoms in total. The highest BCUT2D eigenvalue weighted by Gasteiger charge is 1.97. The van der Waals surface area contributed by atoms with Gasteiger partial charge in [0.15, 0.2) is 0 Å². The summed E-state index contributed by atoms with van der Waals surface area (Å²) in [4.78, 5) is 12.4. The molecule has 0 aliphatic heterocycles. The van der Waals surface area contributed by atoms with Crippen molar-refractivity contribution in [3.8, 4) is 0 Å². The maximum Gasteiger partial charge on any atom is 0.124 e. The lowest BCUT2D eigenvalue weighted by Gasteiger charge is -2.16. The van der Waals surface area contributed by atoms with Crippen LogP contribution in [-0.2, 0) is 11.2 Å². The Hall–Kier alpha value is -1.31. The van der Waals surface area contributed by atoms with Crippen LogP contribution in [0.4, 0.5) is 5.69 Å². The molecule has 2 heteroatoms. The molecule has 0 spiro atoms. The van der Waals surface area contributed by atoms with Gasteiger partial charge in [-0.2, -0.15) is 0 Å². The van der Waals surface area contributed by atoms with Crippen LogP contribution in [0.3, 0.4) is 0 Å². The van der Waals surface area contributed by atoms with Crippen LogP contribution in [0, 0.1) is 0 Å². The number of carbonyl (C=O) groups excluding carboxylic acids is 1. The van der Waals surface area contributed by atoms with Crippen LogP contribution < -0.4 is 4.90 Å². The molecule has 0 unspecified atom stereocenters. The smallest absolute Gasteiger partial charge is 0.124 e. The Bertz CT molecular complexity index is 266. The first kappa shape index (κ1) is 9.78. The fourth-order valence-electron chi connectivity index (χ4n) is 1.17. The summed E-state index contributed by atoms with van der Waals surface area (Å²) in [6, 6.07) is 8.08. The highest BCUT2D eigenvalue weighted by molar-refractivity contribution is 5.56. The summed E-state index contributed by atoms with van der Waals surface area (Å²) in [6.45, 7) is 3.10. The molecule has 0 atom stereocenters. The zero-order valence-corrected chi connectivity index (χ0v) is 8.16. The summed E-state index contributed by atoms with van der Waals surface area (Å²) < 4.78 is 0. The molecule has 1 rings (SSSR count). The molecule has 0 saturated heterocycles. The van der Waals surface area contributed by atoms with E-state index in [1.54, 1.807) is 0 Å². The quantitative estimate of drug-likeness (QED) is 0.654. The summed E-state index contributed by atoms with van der Waals surface area (Å²) in [7, 11) is 2.05. The predicted octanol–water partition coefficient (Wildman–Crippen LogP) is 1.88. The van der Waals surface area contributed by atoms with Crippen molar-refractivity contribution in [1.29, 1.82) is 0 Å². The highest BCUT2D eigenvalue weighted by atomic mass is 16.1. The third-order valence-corrected chi connectivity index (χ3v) is 2.17. The Morgan fingerprint density at radius 3 is 2.38 bits per heavy atom. The summed E-state index contributed by atoms with van der Waals surface area (Å²) in [5.74, 6) is 0. The van der Waals surface area contributed by atoms with Crippen LogP contribution in [0.1, 0.15) is 12.5 Å². The van der Waals surface area contributed by atoms with Gasteiger partial charge in [0.2, 0.25) is 0 Å². The van der Waals surface area contributed by atoms with Gasteiger partial charge >= 0.3 is 0 Å². The number of aldehydes is 1. The van der Waals surface area contributed by atoms with E-state index in [9.17, 15) is 4.79 Å². The van der Waals surface area contributed by atoms with Crippen molar-refractivity contribution in [3.05, 3.63) is 29.8 Å². The molecular weight excluding hydrogens is 162 g/mol. The number of hydrogen-bond donors (Lipinski definition) is 0. The maximum atomic E-state index is 10.2. The fraction of sp³-hybridized carbons (Fsp3) is 0.364. The predicted molar refractivity (Wildman–Crippen MR) is 55.2 cm³/mol. The first-order valence-electron chi connectivity index (χ1n) is 4.51. The van der Waals surface area contributed by atoms with Gasteiger partial charge in [-0.1, -0.05) is 12.1 Å². The number of anilines is 1. The Balaban J connectivity index is 2.74. The van der Waals surface area contributed by atoms with E-state index >= 15 is 0 Å². The molecule has 13 heavy (non-hydrogen) atoms. The largest absolute Gasteiger partial charge is 0.375 e. The molecule has 1 aromatic rings. The van der Waals surface area contributed by atoms with Gasteiger partial charge in [0.1, 0.15) is 6.29 Å². The Morgan fingerprint density at radius 2 is 1.92 bits per heavy atom. The van der Waals surface area contributed by atoms with Crippen molar-refractivity contribution in [3.63, 3.8) is 0 Å². The molecule has 0 saturated carbocycles. The van der Waals surface area contributed by atoms with Crippen LogP contribution in [0.15, 0.2) is 24.3 Å².